The number of carbonyl (C=O) groups is 1. The van der Waals surface area contributed by atoms with Crippen LogP contribution in [0.4, 0.5) is 5.69 Å². The number of hydrogen-bond acceptors (Lipinski definition) is 2. The van der Waals surface area contributed by atoms with Crippen molar-refractivity contribution < 1.29 is 4.79 Å². The molecule has 1 amide bonds. The lowest BCUT2D eigenvalue weighted by Crippen LogP contribution is -2.30. The van der Waals surface area contributed by atoms with Crippen molar-refractivity contribution in [3.05, 3.63) is 95.3 Å². The minimum Gasteiger partial charge on any atom is -0.302 e. The molecule has 0 aliphatic carbocycles. The first-order chi connectivity index (χ1) is 13.8. The lowest BCUT2D eigenvalue weighted by molar-refractivity contribution is 0.0985. The summed E-state index contributed by atoms with van der Waals surface area (Å²) in [4.78, 5) is 19.4. The van der Waals surface area contributed by atoms with Crippen molar-refractivity contribution in [3.8, 4) is 0 Å². The number of pyridine rings is 1. The van der Waals surface area contributed by atoms with Gasteiger partial charge in [0.15, 0.2) is 0 Å². The number of rotatable bonds is 5. The van der Waals surface area contributed by atoms with E-state index in [-0.39, 0.29) is 11.3 Å². The zero-order valence-corrected chi connectivity index (χ0v) is 18.0. The maximum Gasteiger partial charge on any atom is 0.258 e. The van der Waals surface area contributed by atoms with Gasteiger partial charge in [-0.2, -0.15) is 0 Å². The first-order valence-corrected chi connectivity index (χ1v) is 10.2. The summed E-state index contributed by atoms with van der Waals surface area (Å²) in [6.07, 6.45) is 3.46. The van der Waals surface area contributed by atoms with Crippen molar-refractivity contribution in [1.29, 1.82) is 0 Å². The zero-order chi connectivity index (χ0) is 21.0. The van der Waals surface area contributed by atoms with E-state index in [0.717, 1.165) is 11.3 Å². The van der Waals surface area contributed by atoms with Crippen molar-refractivity contribution in [2.24, 2.45) is 0 Å². The molecule has 0 fully saturated rings. The van der Waals surface area contributed by atoms with E-state index in [1.54, 1.807) is 17.3 Å². The molecule has 3 aromatic rings. The van der Waals surface area contributed by atoms with Crippen molar-refractivity contribution >= 4 is 11.6 Å². The van der Waals surface area contributed by atoms with E-state index in [1.165, 1.54) is 11.1 Å². The van der Waals surface area contributed by atoms with Crippen LogP contribution in [-0.2, 0) is 12.0 Å². The van der Waals surface area contributed by atoms with E-state index >= 15 is 0 Å². The van der Waals surface area contributed by atoms with Crippen LogP contribution in [-0.4, -0.2) is 10.9 Å². The number of benzene rings is 2. The Hall–Kier alpha value is -2.94. The second-order valence-electron chi connectivity index (χ2n) is 8.83. The third-order valence-corrected chi connectivity index (χ3v) is 5.19. The van der Waals surface area contributed by atoms with E-state index in [9.17, 15) is 4.79 Å². The van der Waals surface area contributed by atoms with Gasteiger partial charge in [-0.05, 0) is 52.3 Å². The predicted octanol–water partition coefficient (Wildman–Crippen LogP) is 6.35. The summed E-state index contributed by atoms with van der Waals surface area (Å²) in [5, 5.41) is 0. The van der Waals surface area contributed by atoms with Crippen molar-refractivity contribution in [3.63, 3.8) is 0 Å². The molecule has 0 saturated carbocycles. The minimum absolute atomic E-state index is 0.0202. The molecule has 0 atom stereocenters. The van der Waals surface area contributed by atoms with Crippen LogP contribution in [0.2, 0.25) is 0 Å². The van der Waals surface area contributed by atoms with Crippen LogP contribution in [0.1, 0.15) is 67.6 Å². The highest BCUT2D eigenvalue weighted by molar-refractivity contribution is 6.05. The predicted molar refractivity (Wildman–Crippen MR) is 120 cm³/mol. The first kappa shape index (κ1) is 20.8. The highest BCUT2D eigenvalue weighted by Gasteiger charge is 2.19. The molecule has 0 bridgehead atoms. The molecule has 0 aliphatic heterocycles. The average Bonchev–Trinajstić information content (AvgIpc) is 2.72. The molecule has 0 radical (unpaired) electrons. The van der Waals surface area contributed by atoms with Gasteiger partial charge in [0, 0.05) is 11.8 Å². The number of aromatic nitrogens is 1. The second-order valence-corrected chi connectivity index (χ2v) is 8.83. The van der Waals surface area contributed by atoms with Gasteiger partial charge in [-0.25, -0.2) is 0 Å². The Kier molecular flexibility index (Phi) is 6.17. The van der Waals surface area contributed by atoms with Gasteiger partial charge in [-0.3, -0.25) is 9.78 Å². The summed E-state index contributed by atoms with van der Waals surface area (Å²) in [5.41, 5.74) is 5.19. The van der Waals surface area contributed by atoms with Gasteiger partial charge in [-0.1, -0.05) is 71.0 Å². The van der Waals surface area contributed by atoms with Gasteiger partial charge < -0.3 is 4.90 Å². The number of carbonyl (C=O) groups excluding carboxylic acids is 1. The molecule has 0 unspecified atom stereocenters. The Bertz CT molecular complexity index is 937. The average molecular weight is 387 g/mol. The molecule has 1 aromatic heterocycles. The van der Waals surface area contributed by atoms with Crippen LogP contribution < -0.4 is 4.90 Å². The maximum atomic E-state index is 13.4. The maximum absolute atomic E-state index is 13.4. The minimum atomic E-state index is -0.0202. The van der Waals surface area contributed by atoms with Crippen LogP contribution in [0, 0.1) is 0 Å². The Morgan fingerprint density at radius 1 is 0.966 bits per heavy atom. The van der Waals surface area contributed by atoms with Gasteiger partial charge in [0.2, 0.25) is 0 Å². The summed E-state index contributed by atoms with van der Waals surface area (Å²) in [6, 6.07) is 20.2. The second kappa shape index (κ2) is 8.60. The molecule has 150 valence electrons. The molecule has 0 N–H and O–H groups in total. The normalized spacial score (nSPS) is 11.5. The number of anilines is 1. The quantitative estimate of drug-likeness (QED) is 0.512. The lowest BCUT2D eigenvalue weighted by Gasteiger charge is -2.24. The van der Waals surface area contributed by atoms with Crippen molar-refractivity contribution in [1.82, 2.24) is 4.98 Å². The molecule has 1 heterocycles. The molecule has 0 spiro atoms. The molecule has 3 heteroatoms. The topological polar surface area (TPSA) is 33.2 Å². The van der Waals surface area contributed by atoms with Crippen molar-refractivity contribution in [2.45, 2.75) is 52.5 Å². The Morgan fingerprint density at radius 3 is 2.14 bits per heavy atom. The SMILES string of the molecule is CC(C)c1ccc(C(=O)N(Cc2ccc(C(C)(C)C)cc2)c2cccnc2)cc1. The molecule has 29 heavy (non-hydrogen) atoms. The van der Waals surface area contributed by atoms with E-state index in [2.05, 4.69) is 63.9 Å². The Labute approximate surface area is 174 Å². The molecular weight excluding hydrogens is 356 g/mol. The number of nitrogens with zero attached hydrogens (tertiary/aromatic N) is 2. The van der Waals surface area contributed by atoms with Gasteiger partial charge in [-0.15, -0.1) is 0 Å². The zero-order valence-electron chi connectivity index (χ0n) is 18.0. The molecule has 3 nitrogen and oxygen atoms in total. The van der Waals surface area contributed by atoms with Crippen molar-refractivity contribution in [2.75, 3.05) is 4.90 Å². The highest BCUT2D eigenvalue weighted by atomic mass is 16.2. The van der Waals surface area contributed by atoms with Crippen LogP contribution >= 0.6 is 0 Å². The van der Waals surface area contributed by atoms with E-state index < -0.39 is 0 Å². The van der Waals surface area contributed by atoms with Gasteiger partial charge >= 0.3 is 0 Å². The largest absolute Gasteiger partial charge is 0.302 e. The summed E-state index contributed by atoms with van der Waals surface area (Å²) in [5.74, 6) is 0.420. The van der Waals surface area contributed by atoms with Crippen LogP contribution in [0.3, 0.4) is 0 Å². The standard InChI is InChI=1S/C26H30N2O/c1-19(2)21-10-12-22(13-11-21)25(29)28(24-7-6-16-27-17-24)18-20-8-14-23(15-9-20)26(3,4)5/h6-17,19H,18H2,1-5H3. The molecule has 0 aliphatic rings. The third-order valence-electron chi connectivity index (χ3n) is 5.19. The number of hydrogen-bond donors (Lipinski definition) is 0. The Balaban J connectivity index is 1.90. The molecular formula is C26H30N2O. The molecule has 3 rings (SSSR count). The summed E-state index contributed by atoms with van der Waals surface area (Å²) in [6.45, 7) is 11.4. The highest BCUT2D eigenvalue weighted by Crippen LogP contribution is 2.24. The fraction of sp³-hybridized carbons (Fsp3) is 0.308. The molecule has 2 aromatic carbocycles. The van der Waals surface area contributed by atoms with Crippen LogP contribution in [0.25, 0.3) is 0 Å². The number of amides is 1. The lowest BCUT2D eigenvalue weighted by atomic mass is 9.87. The summed E-state index contributed by atoms with van der Waals surface area (Å²) >= 11 is 0. The molecule has 0 saturated heterocycles. The summed E-state index contributed by atoms with van der Waals surface area (Å²) < 4.78 is 0. The fourth-order valence-electron chi connectivity index (χ4n) is 3.25. The third kappa shape index (κ3) is 5.11. The summed E-state index contributed by atoms with van der Waals surface area (Å²) in [7, 11) is 0. The van der Waals surface area contributed by atoms with Crippen LogP contribution in [0.15, 0.2) is 73.1 Å². The van der Waals surface area contributed by atoms with E-state index in [1.807, 2.05) is 36.4 Å². The van der Waals surface area contributed by atoms with Gasteiger partial charge in [0.25, 0.3) is 5.91 Å². The van der Waals surface area contributed by atoms with Gasteiger partial charge in [0.1, 0.15) is 0 Å². The Morgan fingerprint density at radius 2 is 1.62 bits per heavy atom. The van der Waals surface area contributed by atoms with E-state index in [4.69, 9.17) is 0 Å². The van der Waals surface area contributed by atoms with E-state index in [0.29, 0.717) is 18.0 Å². The monoisotopic (exact) mass is 386 g/mol. The smallest absolute Gasteiger partial charge is 0.258 e. The van der Waals surface area contributed by atoms with Gasteiger partial charge in [0.05, 0.1) is 18.4 Å². The first-order valence-electron chi connectivity index (χ1n) is 10.2. The van der Waals surface area contributed by atoms with Crippen LogP contribution in [0.5, 0.6) is 0 Å². The fourth-order valence-corrected chi connectivity index (χ4v) is 3.25.